The van der Waals surface area contributed by atoms with Crippen molar-refractivity contribution in [2.45, 2.75) is 72.6 Å². The monoisotopic (exact) mass is 496 g/mol. The Morgan fingerprint density at radius 2 is 2.06 bits per heavy atom. The molecule has 6 nitrogen and oxygen atoms in total. The van der Waals surface area contributed by atoms with Crippen LogP contribution in [-0.4, -0.2) is 28.0 Å². The summed E-state index contributed by atoms with van der Waals surface area (Å²) in [5.41, 5.74) is 3.96. The Morgan fingerprint density at radius 1 is 1.38 bits per heavy atom. The van der Waals surface area contributed by atoms with Crippen LogP contribution < -0.4 is 5.32 Å². The molecule has 1 aliphatic carbocycles. The van der Waals surface area contributed by atoms with E-state index in [-0.39, 0.29) is 16.9 Å². The Kier molecular flexibility index (Phi) is 8.81. The van der Waals surface area contributed by atoms with Gasteiger partial charge in [0.25, 0.3) is 0 Å². The summed E-state index contributed by atoms with van der Waals surface area (Å²) >= 11 is 12.3. The number of rotatable bonds is 8. The van der Waals surface area contributed by atoms with Gasteiger partial charge < -0.3 is 5.48 Å². The van der Waals surface area contributed by atoms with Crippen LogP contribution in [0.15, 0.2) is 28.4 Å². The van der Waals surface area contributed by atoms with Gasteiger partial charge in [-0.15, -0.1) is 0 Å². The predicted octanol–water partition coefficient (Wildman–Crippen LogP) is 5.99. The van der Waals surface area contributed by atoms with Gasteiger partial charge in [0.1, 0.15) is 10.8 Å². The van der Waals surface area contributed by atoms with E-state index in [0.29, 0.717) is 22.2 Å². The molecule has 4 N–H and O–H groups in total. The minimum absolute atomic E-state index is 0. The first-order valence-corrected chi connectivity index (χ1v) is 12.1. The van der Waals surface area contributed by atoms with Crippen molar-refractivity contribution < 1.29 is 9.66 Å². The summed E-state index contributed by atoms with van der Waals surface area (Å²) in [4.78, 5) is 0.941. The molecule has 176 valence electrons. The SMILES string of the molecule is CC/C=C(/SC(=N)C1=NN=C(CC(C)(C)C)C1)c1ccc2c(c1Cl)C2(NC(C)C)OS.O. The van der Waals surface area contributed by atoms with Crippen LogP contribution in [0.5, 0.6) is 0 Å². The normalized spacial score (nSPS) is 20.0. The van der Waals surface area contributed by atoms with Crippen molar-refractivity contribution in [2.24, 2.45) is 15.6 Å². The van der Waals surface area contributed by atoms with Crippen LogP contribution >= 0.6 is 36.3 Å². The van der Waals surface area contributed by atoms with Gasteiger partial charge in [0, 0.05) is 39.8 Å². The van der Waals surface area contributed by atoms with Gasteiger partial charge in [0.2, 0.25) is 0 Å². The molecular weight excluding hydrogens is 464 g/mol. The van der Waals surface area contributed by atoms with Gasteiger partial charge in [-0.25, -0.2) is 0 Å². The van der Waals surface area contributed by atoms with Crippen molar-refractivity contribution in [3.8, 4) is 0 Å². The van der Waals surface area contributed by atoms with Crippen molar-refractivity contribution in [3.05, 3.63) is 39.9 Å². The quantitative estimate of drug-likeness (QED) is 0.135. The lowest BCUT2D eigenvalue weighted by Gasteiger charge is -2.18. The molecule has 1 unspecified atom stereocenters. The highest BCUT2D eigenvalue weighted by molar-refractivity contribution is 8.23. The molecule has 1 aromatic carbocycles. The second-order valence-corrected chi connectivity index (χ2v) is 11.1. The zero-order chi connectivity index (χ0) is 23.0. The fourth-order valence-corrected chi connectivity index (χ4v) is 5.47. The number of hydrogen-bond acceptors (Lipinski definition) is 7. The minimum atomic E-state index is -0.743. The number of thiol groups is 1. The molecule has 3 rings (SSSR count). The molecule has 0 fully saturated rings. The van der Waals surface area contributed by atoms with Crippen LogP contribution in [0.25, 0.3) is 4.91 Å². The zero-order valence-corrected chi connectivity index (χ0v) is 21.9. The van der Waals surface area contributed by atoms with E-state index in [4.69, 9.17) is 21.2 Å². The lowest BCUT2D eigenvalue weighted by atomic mass is 9.88. The first kappa shape index (κ1) is 27.1. The van der Waals surface area contributed by atoms with E-state index in [2.05, 4.69) is 76.0 Å². The Labute approximate surface area is 205 Å². The van der Waals surface area contributed by atoms with Crippen molar-refractivity contribution in [1.29, 1.82) is 5.41 Å². The van der Waals surface area contributed by atoms with E-state index < -0.39 is 5.72 Å². The third-order valence-corrected chi connectivity index (χ3v) is 6.70. The van der Waals surface area contributed by atoms with E-state index in [0.717, 1.165) is 40.1 Å². The van der Waals surface area contributed by atoms with Crippen LogP contribution in [0.1, 0.15) is 77.5 Å². The largest absolute Gasteiger partial charge is 0.412 e. The van der Waals surface area contributed by atoms with Gasteiger partial charge in [-0.05, 0) is 45.0 Å². The zero-order valence-electron chi connectivity index (χ0n) is 19.5. The standard InChI is InChI=1S/C23H31ClN4OS2.H2O/c1-7-8-18(31-21(25)17-11-14(27-28-17)12-22(4,5)6)15-9-10-16-19(20(15)24)23(16,29-30)26-13(2)3;/h8-10,13,25-26,30H,7,11-12H2,1-6H3;1H2/b18-8+,25-21?;. The molecule has 1 heterocycles. The number of hydrogen-bond donors (Lipinski definition) is 3. The van der Waals surface area contributed by atoms with Crippen LogP contribution in [0.4, 0.5) is 0 Å². The van der Waals surface area contributed by atoms with Crippen molar-refractivity contribution in [1.82, 2.24) is 5.32 Å². The van der Waals surface area contributed by atoms with Crippen LogP contribution in [0, 0.1) is 10.8 Å². The molecule has 2 aliphatic rings. The summed E-state index contributed by atoms with van der Waals surface area (Å²) in [6.45, 7) is 12.7. The number of thioether (sulfide) groups is 1. The predicted molar refractivity (Wildman–Crippen MR) is 141 cm³/mol. The number of halogens is 1. The number of benzene rings is 1. The van der Waals surface area contributed by atoms with E-state index >= 15 is 0 Å². The third kappa shape index (κ3) is 5.66. The molecule has 0 bridgehead atoms. The Balaban J connectivity index is 0.00000363. The minimum Gasteiger partial charge on any atom is -0.412 e. The number of allylic oxidation sites excluding steroid dienone is 1. The molecule has 0 saturated carbocycles. The Morgan fingerprint density at radius 3 is 2.62 bits per heavy atom. The summed E-state index contributed by atoms with van der Waals surface area (Å²) < 4.78 is 5.52. The molecule has 0 amide bonds. The highest BCUT2D eigenvalue weighted by Crippen LogP contribution is 2.55. The van der Waals surface area contributed by atoms with Gasteiger partial charge in [-0.2, -0.15) is 10.2 Å². The van der Waals surface area contributed by atoms with Gasteiger partial charge in [0.05, 0.1) is 5.02 Å². The molecule has 1 atom stereocenters. The van der Waals surface area contributed by atoms with Crippen molar-refractivity contribution >= 4 is 57.6 Å². The van der Waals surface area contributed by atoms with E-state index in [1.807, 2.05) is 12.1 Å². The Bertz CT molecular complexity index is 983. The molecule has 0 saturated heterocycles. The fraction of sp³-hybridized carbons (Fsp3) is 0.522. The van der Waals surface area contributed by atoms with Crippen LogP contribution in [0.3, 0.4) is 0 Å². The maximum absolute atomic E-state index is 8.63. The first-order chi connectivity index (χ1) is 14.5. The molecule has 0 spiro atoms. The first-order valence-electron chi connectivity index (χ1n) is 10.6. The third-order valence-electron chi connectivity index (χ3n) is 4.99. The van der Waals surface area contributed by atoms with Crippen LogP contribution in [0.2, 0.25) is 5.02 Å². The van der Waals surface area contributed by atoms with Gasteiger partial charge in [0.15, 0.2) is 5.72 Å². The lowest BCUT2D eigenvalue weighted by Crippen LogP contribution is -2.36. The molecular formula is C23H33ClN4O2S2. The summed E-state index contributed by atoms with van der Waals surface area (Å²) in [5.74, 6) is 0. The second-order valence-electron chi connectivity index (χ2n) is 9.46. The number of fused-ring (bicyclic) bond motifs is 1. The Hall–Kier alpha value is -1.16. The lowest BCUT2D eigenvalue weighted by molar-refractivity contribution is 0.145. The van der Waals surface area contributed by atoms with E-state index in [1.165, 1.54) is 11.8 Å². The van der Waals surface area contributed by atoms with Crippen molar-refractivity contribution in [3.63, 3.8) is 0 Å². The van der Waals surface area contributed by atoms with E-state index in [9.17, 15) is 0 Å². The van der Waals surface area contributed by atoms with Crippen molar-refractivity contribution in [2.75, 3.05) is 0 Å². The molecule has 1 aromatic rings. The van der Waals surface area contributed by atoms with Gasteiger partial charge in [-0.3, -0.25) is 14.9 Å². The molecule has 0 aromatic heterocycles. The molecule has 32 heavy (non-hydrogen) atoms. The summed E-state index contributed by atoms with van der Waals surface area (Å²) in [6, 6.07) is 4.22. The highest BCUT2D eigenvalue weighted by atomic mass is 35.5. The molecule has 1 aliphatic heterocycles. The molecule has 0 radical (unpaired) electrons. The summed E-state index contributed by atoms with van der Waals surface area (Å²) in [5, 5.41) is 21.7. The average molecular weight is 497 g/mol. The highest BCUT2D eigenvalue weighted by Gasteiger charge is 2.55. The topological polar surface area (TPSA) is 101 Å². The smallest absolute Gasteiger partial charge is 0.186 e. The second kappa shape index (κ2) is 10.4. The summed E-state index contributed by atoms with van der Waals surface area (Å²) in [7, 11) is 0. The average Bonchev–Trinajstić information content (AvgIpc) is 3.06. The number of nitrogens with zero attached hydrogens (tertiary/aromatic N) is 2. The fourth-order valence-electron chi connectivity index (χ4n) is 3.79. The molecule has 9 heteroatoms. The number of nitrogens with one attached hydrogen (secondary N) is 2. The maximum atomic E-state index is 8.63. The van der Waals surface area contributed by atoms with Gasteiger partial charge >= 0.3 is 0 Å². The maximum Gasteiger partial charge on any atom is 0.186 e. The summed E-state index contributed by atoms with van der Waals surface area (Å²) in [6.07, 6.45) is 4.44. The van der Waals surface area contributed by atoms with Crippen LogP contribution in [-0.2, 0) is 9.91 Å². The van der Waals surface area contributed by atoms with Gasteiger partial charge in [-0.1, -0.05) is 69.3 Å². The van der Waals surface area contributed by atoms with E-state index in [1.54, 1.807) is 0 Å².